The molecule has 148 valence electrons. The Bertz CT molecular complexity index is 826. The van der Waals surface area contributed by atoms with Gasteiger partial charge in [-0.3, -0.25) is 15.0 Å². The van der Waals surface area contributed by atoms with Crippen LogP contribution in [0.1, 0.15) is 31.0 Å². The molecule has 4 heterocycles. The number of allylic oxidation sites excluding steroid dienone is 2. The van der Waals surface area contributed by atoms with Crippen LogP contribution in [-0.4, -0.2) is 56.3 Å². The van der Waals surface area contributed by atoms with Crippen LogP contribution in [0.25, 0.3) is 5.57 Å². The molecule has 0 aromatic carbocycles. The Kier molecular flexibility index (Phi) is 5.30. The summed E-state index contributed by atoms with van der Waals surface area (Å²) in [4.78, 5) is 6.62. The second-order valence-electron chi connectivity index (χ2n) is 7.40. The molecule has 1 fully saturated rings. The predicted molar refractivity (Wildman–Crippen MR) is 107 cm³/mol. The van der Waals surface area contributed by atoms with Gasteiger partial charge in [0.05, 0.1) is 11.8 Å². The second kappa shape index (κ2) is 7.87. The van der Waals surface area contributed by atoms with E-state index in [-0.39, 0.29) is 0 Å². The molecule has 3 N–H and O–H groups in total. The monoisotopic (exact) mass is 381 g/mol. The smallest absolute Gasteiger partial charge is 0.218 e. The van der Waals surface area contributed by atoms with Crippen molar-refractivity contribution in [3.63, 3.8) is 0 Å². The molecule has 4 rings (SSSR count). The number of likely N-dealkylation sites (tertiary alicyclic amines) is 1. The van der Waals surface area contributed by atoms with Gasteiger partial charge in [-0.2, -0.15) is 5.10 Å². The average molecular weight is 381 g/mol. The fourth-order valence-electron chi connectivity index (χ4n) is 3.94. The minimum Gasteiger partial charge on any atom is -0.389 e. The molecule has 0 aliphatic carbocycles. The number of dihydropyridines is 1. The first-order chi connectivity index (χ1) is 13.6. The topological polar surface area (TPSA) is 86.3 Å². The number of piperidine rings is 1. The Morgan fingerprint density at radius 3 is 2.75 bits per heavy atom. The molecule has 0 bridgehead atoms. The van der Waals surface area contributed by atoms with Gasteiger partial charge in [-0.05, 0) is 38.0 Å². The summed E-state index contributed by atoms with van der Waals surface area (Å²) in [6.45, 7) is 4.04. The van der Waals surface area contributed by atoms with Crippen molar-refractivity contribution in [1.82, 2.24) is 25.4 Å². The first-order valence-electron chi connectivity index (χ1n) is 9.80. The molecule has 1 saturated heterocycles. The predicted octanol–water partition coefficient (Wildman–Crippen LogP) is 2.06. The lowest BCUT2D eigenvalue weighted by molar-refractivity contribution is -0.159. The highest BCUT2D eigenvalue weighted by atomic mass is 16.5. The number of hydrogen-bond acceptors (Lipinski definition) is 6. The van der Waals surface area contributed by atoms with Gasteiger partial charge >= 0.3 is 0 Å². The maximum Gasteiger partial charge on any atom is 0.218 e. The first kappa shape index (κ1) is 18.9. The molecule has 1 atom stereocenters. The van der Waals surface area contributed by atoms with Crippen molar-refractivity contribution in [3.05, 3.63) is 66.4 Å². The summed E-state index contributed by atoms with van der Waals surface area (Å²) in [5.74, 6) is -0.686. The highest BCUT2D eigenvalue weighted by Gasteiger charge is 2.42. The third-order valence-electron chi connectivity index (χ3n) is 5.52. The van der Waals surface area contributed by atoms with Crippen LogP contribution in [0.4, 0.5) is 0 Å². The molecule has 2 aromatic rings. The summed E-state index contributed by atoms with van der Waals surface area (Å²) >= 11 is 0. The van der Waals surface area contributed by atoms with Crippen molar-refractivity contribution in [3.8, 4) is 0 Å². The van der Waals surface area contributed by atoms with Gasteiger partial charge in [0.25, 0.3) is 0 Å². The van der Waals surface area contributed by atoms with Crippen molar-refractivity contribution < 1.29 is 9.84 Å². The number of aromatic nitrogens is 3. The molecule has 28 heavy (non-hydrogen) atoms. The van der Waals surface area contributed by atoms with Crippen molar-refractivity contribution in [1.29, 1.82) is 0 Å². The zero-order valence-electron chi connectivity index (χ0n) is 16.1. The molecule has 7 heteroatoms. The van der Waals surface area contributed by atoms with Crippen LogP contribution < -0.4 is 5.32 Å². The van der Waals surface area contributed by atoms with E-state index in [1.165, 1.54) is 0 Å². The second-order valence-corrected chi connectivity index (χ2v) is 7.40. The minimum atomic E-state index is -0.728. The summed E-state index contributed by atoms with van der Waals surface area (Å²) in [7, 11) is 0. The van der Waals surface area contributed by atoms with E-state index in [9.17, 15) is 5.11 Å². The Morgan fingerprint density at radius 1 is 1.29 bits per heavy atom. The summed E-state index contributed by atoms with van der Waals surface area (Å²) < 4.78 is 6.13. The van der Waals surface area contributed by atoms with Crippen molar-refractivity contribution >= 4 is 5.57 Å². The van der Waals surface area contributed by atoms with Gasteiger partial charge in [0.15, 0.2) is 0 Å². The van der Waals surface area contributed by atoms with E-state index in [2.05, 4.69) is 37.6 Å². The highest BCUT2D eigenvalue weighted by molar-refractivity contribution is 5.74. The van der Waals surface area contributed by atoms with Gasteiger partial charge < -0.3 is 15.2 Å². The van der Waals surface area contributed by atoms with Crippen molar-refractivity contribution in [2.75, 3.05) is 19.7 Å². The lowest BCUT2D eigenvalue weighted by Gasteiger charge is -2.47. The zero-order chi connectivity index (χ0) is 19.5. The van der Waals surface area contributed by atoms with Gasteiger partial charge in [0.2, 0.25) is 5.85 Å². The number of nitrogens with zero attached hydrogens (tertiary/aromatic N) is 3. The average Bonchev–Trinajstić information content (AvgIpc) is 3.24. The molecule has 0 spiro atoms. The van der Waals surface area contributed by atoms with Gasteiger partial charge in [-0.1, -0.05) is 12.1 Å². The van der Waals surface area contributed by atoms with Crippen molar-refractivity contribution in [2.45, 2.75) is 37.6 Å². The van der Waals surface area contributed by atoms with Crippen LogP contribution in [-0.2, 0) is 11.2 Å². The molecular formula is C21H27N5O2. The Hall–Kier alpha value is -2.48. The number of rotatable bonds is 6. The highest BCUT2D eigenvalue weighted by Crippen LogP contribution is 2.32. The van der Waals surface area contributed by atoms with Crippen LogP contribution in [0.3, 0.4) is 0 Å². The number of aromatic amines is 1. The molecule has 0 amide bonds. The molecule has 2 aliphatic rings. The summed E-state index contributed by atoms with van der Waals surface area (Å²) in [5.41, 5.74) is 2.28. The van der Waals surface area contributed by atoms with Crippen LogP contribution in [0.2, 0.25) is 0 Å². The third-order valence-corrected chi connectivity index (χ3v) is 5.52. The van der Waals surface area contributed by atoms with E-state index in [4.69, 9.17) is 4.74 Å². The third kappa shape index (κ3) is 3.87. The number of H-pyrrole nitrogens is 1. The first-order valence-corrected chi connectivity index (χ1v) is 9.80. The normalized spacial score (nSPS) is 24.6. The van der Waals surface area contributed by atoms with Crippen LogP contribution in [0, 0.1) is 0 Å². The van der Waals surface area contributed by atoms with Crippen LogP contribution in [0.15, 0.2) is 55.1 Å². The number of pyridine rings is 1. The SMILES string of the molecule is CCOC1(N2CCC(O)(Cc3ccccn3)CC2)C=CC(c2cn[nH]c2)=CN1. The Balaban J connectivity index is 1.44. The van der Waals surface area contributed by atoms with E-state index in [1.807, 2.05) is 37.5 Å². The Morgan fingerprint density at radius 2 is 2.14 bits per heavy atom. The minimum absolute atomic E-state index is 0.580. The molecule has 1 unspecified atom stereocenters. The molecule has 2 aliphatic heterocycles. The number of nitrogens with one attached hydrogen (secondary N) is 2. The van der Waals surface area contributed by atoms with Gasteiger partial charge in [-0.15, -0.1) is 0 Å². The summed E-state index contributed by atoms with van der Waals surface area (Å²) in [5, 5.41) is 21.3. The zero-order valence-corrected chi connectivity index (χ0v) is 16.1. The molecule has 7 nitrogen and oxygen atoms in total. The van der Waals surface area contributed by atoms with E-state index in [0.29, 0.717) is 25.9 Å². The van der Waals surface area contributed by atoms with E-state index in [1.54, 1.807) is 12.4 Å². The standard InChI is InChI=1S/C21H27N5O2/c1-2-28-21(7-6-17(14-23-21)18-15-24-25-16-18)26-11-8-20(27,9-12-26)13-19-5-3-4-10-22-19/h3-7,10,14-16,23,27H,2,8-9,11-13H2,1H3,(H,24,25). The summed E-state index contributed by atoms with van der Waals surface area (Å²) in [6.07, 6.45) is 13.4. The molecule has 0 saturated carbocycles. The summed E-state index contributed by atoms with van der Waals surface area (Å²) in [6, 6.07) is 5.83. The van der Waals surface area contributed by atoms with Crippen LogP contribution in [0.5, 0.6) is 0 Å². The maximum atomic E-state index is 11.1. The van der Waals surface area contributed by atoms with Gasteiger partial charge in [0, 0.05) is 61.5 Å². The number of hydrogen-bond donors (Lipinski definition) is 3. The largest absolute Gasteiger partial charge is 0.389 e. The fourth-order valence-corrected chi connectivity index (χ4v) is 3.94. The maximum absolute atomic E-state index is 11.1. The van der Waals surface area contributed by atoms with Gasteiger partial charge in [0.1, 0.15) is 0 Å². The van der Waals surface area contributed by atoms with E-state index >= 15 is 0 Å². The number of aliphatic hydroxyl groups is 1. The molecule has 0 radical (unpaired) electrons. The molecular weight excluding hydrogens is 354 g/mol. The van der Waals surface area contributed by atoms with Gasteiger partial charge in [-0.25, -0.2) is 0 Å². The number of ether oxygens (including phenoxy) is 1. The molecule has 2 aromatic heterocycles. The Labute approximate surface area is 165 Å². The quantitative estimate of drug-likeness (QED) is 0.710. The lowest BCUT2D eigenvalue weighted by Crippen LogP contribution is -2.62. The fraction of sp³-hybridized carbons (Fsp3) is 0.429. The van der Waals surface area contributed by atoms with E-state index in [0.717, 1.165) is 29.9 Å². The van der Waals surface area contributed by atoms with Crippen molar-refractivity contribution in [2.24, 2.45) is 0 Å². The lowest BCUT2D eigenvalue weighted by atomic mass is 9.86. The van der Waals surface area contributed by atoms with E-state index < -0.39 is 11.4 Å². The van der Waals surface area contributed by atoms with Crippen LogP contribution >= 0.6 is 0 Å².